The summed E-state index contributed by atoms with van der Waals surface area (Å²) < 4.78 is 0. The Hall–Kier alpha value is -1.38. The number of rotatable bonds is 2. The Kier molecular flexibility index (Phi) is 3.77. The van der Waals surface area contributed by atoms with Crippen LogP contribution in [-0.2, 0) is 6.42 Å². The topological polar surface area (TPSA) is 38.9 Å². The second-order valence-corrected chi connectivity index (χ2v) is 6.01. The Bertz CT molecular complexity index is 624. The fourth-order valence-electron chi connectivity index (χ4n) is 3.18. The molecule has 0 aliphatic heterocycles. The zero-order valence-electron chi connectivity index (χ0n) is 11.6. The molecule has 1 aromatic heterocycles. The van der Waals surface area contributed by atoms with Crippen molar-refractivity contribution < 1.29 is 0 Å². The highest BCUT2D eigenvalue weighted by Gasteiger charge is 2.28. The first-order valence-electron chi connectivity index (χ1n) is 7.12. The van der Waals surface area contributed by atoms with Gasteiger partial charge in [0, 0.05) is 28.9 Å². The molecule has 2 atom stereocenters. The molecule has 1 aromatic carbocycles. The van der Waals surface area contributed by atoms with Crippen LogP contribution < -0.4 is 5.73 Å². The molecule has 1 aliphatic rings. The van der Waals surface area contributed by atoms with Crippen molar-refractivity contribution in [2.75, 3.05) is 0 Å². The Morgan fingerprint density at radius 3 is 3.05 bits per heavy atom. The van der Waals surface area contributed by atoms with Gasteiger partial charge in [-0.15, -0.1) is 0 Å². The van der Waals surface area contributed by atoms with Crippen LogP contribution in [0, 0.1) is 6.92 Å². The minimum atomic E-state index is -0.0392. The second-order valence-electron chi connectivity index (χ2n) is 5.57. The summed E-state index contributed by atoms with van der Waals surface area (Å²) in [7, 11) is 0. The number of aryl methyl sites for hydroxylation is 2. The molecular weight excluding hydrogens is 268 g/mol. The van der Waals surface area contributed by atoms with E-state index in [0.29, 0.717) is 0 Å². The standard InChI is InChI=1S/C17H19ClN2/c1-11-7-8-13(18)10-15(11)16(19)14-6-2-4-12-5-3-9-20-17(12)14/h3,5,7-10,14,16H,2,4,6,19H2,1H3. The number of nitrogens with zero attached hydrogens (tertiary/aromatic N) is 1. The average Bonchev–Trinajstić information content (AvgIpc) is 2.48. The Morgan fingerprint density at radius 2 is 2.20 bits per heavy atom. The number of halogens is 1. The molecule has 2 nitrogen and oxygen atoms in total. The van der Waals surface area contributed by atoms with E-state index in [4.69, 9.17) is 17.3 Å². The minimum absolute atomic E-state index is 0.0392. The monoisotopic (exact) mass is 286 g/mol. The highest BCUT2D eigenvalue weighted by atomic mass is 35.5. The van der Waals surface area contributed by atoms with E-state index in [1.165, 1.54) is 23.2 Å². The Balaban J connectivity index is 1.99. The van der Waals surface area contributed by atoms with Crippen molar-refractivity contribution in [3.05, 3.63) is 63.9 Å². The normalized spacial score (nSPS) is 19.4. The van der Waals surface area contributed by atoms with Crippen molar-refractivity contribution in [3.8, 4) is 0 Å². The number of hydrogen-bond donors (Lipinski definition) is 1. The summed E-state index contributed by atoms with van der Waals surface area (Å²) in [5, 5.41) is 0.748. The van der Waals surface area contributed by atoms with Crippen LogP contribution >= 0.6 is 11.6 Å². The van der Waals surface area contributed by atoms with Gasteiger partial charge in [0.2, 0.25) is 0 Å². The van der Waals surface area contributed by atoms with Crippen molar-refractivity contribution in [2.24, 2.45) is 5.73 Å². The molecular formula is C17H19ClN2. The maximum atomic E-state index is 6.56. The Labute approximate surface area is 125 Å². The zero-order valence-corrected chi connectivity index (χ0v) is 12.4. The lowest BCUT2D eigenvalue weighted by molar-refractivity contribution is 0.461. The van der Waals surface area contributed by atoms with Gasteiger partial charge in [0.05, 0.1) is 0 Å². The van der Waals surface area contributed by atoms with Gasteiger partial charge in [-0.1, -0.05) is 23.7 Å². The van der Waals surface area contributed by atoms with E-state index >= 15 is 0 Å². The van der Waals surface area contributed by atoms with E-state index in [0.717, 1.165) is 23.4 Å². The van der Waals surface area contributed by atoms with E-state index in [2.05, 4.69) is 18.0 Å². The molecule has 2 N–H and O–H groups in total. The Morgan fingerprint density at radius 1 is 1.35 bits per heavy atom. The molecule has 1 aliphatic carbocycles. The predicted octanol–water partition coefficient (Wildman–Crippen LogP) is 4.16. The van der Waals surface area contributed by atoms with Gasteiger partial charge in [-0.2, -0.15) is 0 Å². The summed E-state index contributed by atoms with van der Waals surface area (Å²) >= 11 is 6.13. The van der Waals surface area contributed by atoms with Crippen molar-refractivity contribution >= 4 is 11.6 Å². The number of aromatic nitrogens is 1. The van der Waals surface area contributed by atoms with Crippen LogP contribution in [0.1, 0.15) is 47.2 Å². The van der Waals surface area contributed by atoms with E-state index < -0.39 is 0 Å². The lowest BCUT2D eigenvalue weighted by Gasteiger charge is -2.30. The summed E-state index contributed by atoms with van der Waals surface area (Å²) in [4.78, 5) is 4.59. The van der Waals surface area contributed by atoms with Crippen LogP contribution in [0.5, 0.6) is 0 Å². The minimum Gasteiger partial charge on any atom is -0.323 e. The molecule has 2 aromatic rings. The van der Waals surface area contributed by atoms with Gasteiger partial charge in [0.1, 0.15) is 0 Å². The molecule has 104 valence electrons. The first-order chi connectivity index (χ1) is 9.66. The lowest BCUT2D eigenvalue weighted by Crippen LogP contribution is -2.25. The van der Waals surface area contributed by atoms with Crippen molar-refractivity contribution in [3.63, 3.8) is 0 Å². The van der Waals surface area contributed by atoms with Crippen LogP contribution in [0.25, 0.3) is 0 Å². The third-order valence-electron chi connectivity index (χ3n) is 4.27. The molecule has 0 saturated heterocycles. The number of pyridine rings is 1. The molecule has 1 heterocycles. The number of benzene rings is 1. The SMILES string of the molecule is Cc1ccc(Cl)cc1C(N)C1CCCc2cccnc21. The maximum absolute atomic E-state index is 6.56. The van der Waals surface area contributed by atoms with E-state index in [-0.39, 0.29) is 12.0 Å². The summed E-state index contributed by atoms with van der Waals surface area (Å²) in [5.74, 6) is 0.289. The smallest absolute Gasteiger partial charge is 0.0485 e. The maximum Gasteiger partial charge on any atom is 0.0485 e. The van der Waals surface area contributed by atoms with Crippen LogP contribution in [0.4, 0.5) is 0 Å². The molecule has 0 radical (unpaired) electrons. The molecule has 2 unspecified atom stereocenters. The van der Waals surface area contributed by atoms with Gasteiger partial charge >= 0.3 is 0 Å². The lowest BCUT2D eigenvalue weighted by atomic mass is 9.79. The van der Waals surface area contributed by atoms with Crippen LogP contribution in [0.15, 0.2) is 36.5 Å². The quantitative estimate of drug-likeness (QED) is 0.900. The second kappa shape index (κ2) is 5.55. The summed E-state index contributed by atoms with van der Waals surface area (Å²) in [5.41, 5.74) is 11.4. The van der Waals surface area contributed by atoms with Crippen LogP contribution in [0.2, 0.25) is 5.02 Å². The molecule has 0 amide bonds. The average molecular weight is 287 g/mol. The fourth-order valence-corrected chi connectivity index (χ4v) is 3.36. The summed E-state index contributed by atoms with van der Waals surface area (Å²) in [6.45, 7) is 2.09. The van der Waals surface area contributed by atoms with Crippen LogP contribution in [0.3, 0.4) is 0 Å². The third kappa shape index (κ3) is 2.46. The number of fused-ring (bicyclic) bond motifs is 1. The van der Waals surface area contributed by atoms with Gasteiger partial charge in [-0.05, 0) is 61.1 Å². The van der Waals surface area contributed by atoms with Gasteiger partial charge in [-0.3, -0.25) is 4.98 Å². The van der Waals surface area contributed by atoms with E-state index in [1.807, 2.05) is 30.5 Å². The fraction of sp³-hybridized carbons (Fsp3) is 0.353. The summed E-state index contributed by atoms with van der Waals surface area (Å²) in [6, 6.07) is 10.1. The highest BCUT2D eigenvalue weighted by molar-refractivity contribution is 6.30. The van der Waals surface area contributed by atoms with Crippen LogP contribution in [-0.4, -0.2) is 4.98 Å². The third-order valence-corrected chi connectivity index (χ3v) is 4.51. The van der Waals surface area contributed by atoms with Crippen molar-refractivity contribution in [1.29, 1.82) is 0 Å². The summed E-state index contributed by atoms with van der Waals surface area (Å²) in [6.07, 6.45) is 5.25. The largest absolute Gasteiger partial charge is 0.323 e. The zero-order chi connectivity index (χ0) is 14.1. The highest BCUT2D eigenvalue weighted by Crippen LogP contribution is 2.39. The molecule has 0 bridgehead atoms. The molecule has 3 rings (SSSR count). The van der Waals surface area contributed by atoms with Crippen molar-refractivity contribution in [2.45, 2.75) is 38.1 Å². The van der Waals surface area contributed by atoms with E-state index in [1.54, 1.807) is 0 Å². The van der Waals surface area contributed by atoms with E-state index in [9.17, 15) is 0 Å². The van der Waals surface area contributed by atoms with Gasteiger partial charge in [-0.25, -0.2) is 0 Å². The molecule has 20 heavy (non-hydrogen) atoms. The van der Waals surface area contributed by atoms with Crippen molar-refractivity contribution in [1.82, 2.24) is 4.98 Å². The number of hydrogen-bond acceptors (Lipinski definition) is 2. The number of nitrogens with two attached hydrogens (primary N) is 1. The van der Waals surface area contributed by atoms with Gasteiger partial charge < -0.3 is 5.73 Å². The first kappa shape index (κ1) is 13.6. The molecule has 3 heteroatoms. The molecule has 0 fully saturated rings. The first-order valence-corrected chi connectivity index (χ1v) is 7.50. The molecule has 0 spiro atoms. The van der Waals surface area contributed by atoms with Gasteiger partial charge in [0.15, 0.2) is 0 Å². The predicted molar refractivity (Wildman–Crippen MR) is 83.0 cm³/mol. The molecule has 0 saturated carbocycles. The van der Waals surface area contributed by atoms with Gasteiger partial charge in [0.25, 0.3) is 0 Å².